The molecule has 0 aromatic heterocycles. The zero-order valence-corrected chi connectivity index (χ0v) is 11.3. The number of alkyl halides is 1. The number of amides is 1. The van der Waals surface area contributed by atoms with Crippen LogP contribution in [-0.2, 0) is 14.8 Å². The van der Waals surface area contributed by atoms with E-state index in [4.69, 9.17) is 0 Å². The maximum absolute atomic E-state index is 11.8. The summed E-state index contributed by atoms with van der Waals surface area (Å²) in [5, 5.41) is 2.86. The molecule has 2 aliphatic rings. The Balaban J connectivity index is 2.04. The van der Waals surface area contributed by atoms with Crippen molar-refractivity contribution < 1.29 is 13.2 Å². The standard InChI is InChI=1S/C9H15BrN2O3S/c10-6-16(14,15)12-5-1-2-8(12)9(13)11-7-3-4-7/h7-8H,1-6H2,(H,11,13). The van der Waals surface area contributed by atoms with Crippen LogP contribution in [0.25, 0.3) is 0 Å². The highest BCUT2D eigenvalue weighted by Crippen LogP contribution is 2.24. The van der Waals surface area contributed by atoms with Crippen molar-refractivity contribution in [1.29, 1.82) is 0 Å². The van der Waals surface area contributed by atoms with Crippen LogP contribution in [0.2, 0.25) is 0 Å². The van der Waals surface area contributed by atoms with E-state index >= 15 is 0 Å². The minimum Gasteiger partial charge on any atom is -0.352 e. The number of sulfonamides is 1. The van der Waals surface area contributed by atoms with Gasteiger partial charge in [0.1, 0.15) is 10.7 Å². The van der Waals surface area contributed by atoms with Gasteiger partial charge in [0.2, 0.25) is 15.9 Å². The lowest BCUT2D eigenvalue weighted by molar-refractivity contribution is -0.124. The number of hydrogen-bond donors (Lipinski definition) is 1. The van der Waals surface area contributed by atoms with Gasteiger partial charge in [-0.05, 0) is 25.7 Å². The minimum absolute atomic E-state index is 0.118. The Bertz CT molecular complexity index is 380. The van der Waals surface area contributed by atoms with Crippen molar-refractivity contribution in [2.75, 3.05) is 11.2 Å². The molecule has 92 valence electrons. The van der Waals surface area contributed by atoms with Crippen LogP contribution in [-0.4, -0.2) is 41.9 Å². The predicted octanol–water partition coefficient (Wildman–Crippen LogP) is 0.412. The highest BCUT2D eigenvalue weighted by Gasteiger charge is 2.39. The fourth-order valence-corrected chi connectivity index (χ4v) is 3.83. The summed E-state index contributed by atoms with van der Waals surface area (Å²) in [5.41, 5.74) is 0. The predicted molar refractivity (Wildman–Crippen MR) is 63.6 cm³/mol. The molecule has 2 fully saturated rings. The molecule has 7 heteroatoms. The van der Waals surface area contributed by atoms with Crippen molar-refractivity contribution in [3.05, 3.63) is 0 Å². The van der Waals surface area contributed by atoms with Crippen molar-refractivity contribution in [3.8, 4) is 0 Å². The SMILES string of the molecule is O=C(NC1CC1)C1CCCN1S(=O)(=O)CBr. The Morgan fingerprint density at radius 3 is 2.62 bits per heavy atom. The van der Waals surface area contributed by atoms with Gasteiger partial charge in [0.05, 0.1) is 0 Å². The molecule has 1 heterocycles. The molecule has 16 heavy (non-hydrogen) atoms. The molecule has 1 aliphatic heterocycles. The molecule has 5 nitrogen and oxygen atoms in total. The fraction of sp³-hybridized carbons (Fsp3) is 0.889. The van der Waals surface area contributed by atoms with Crippen molar-refractivity contribution in [2.45, 2.75) is 37.8 Å². The van der Waals surface area contributed by atoms with E-state index < -0.39 is 16.1 Å². The molecular formula is C9H15BrN2O3S. The van der Waals surface area contributed by atoms with Crippen LogP contribution in [0.1, 0.15) is 25.7 Å². The number of nitrogens with one attached hydrogen (secondary N) is 1. The molecule has 0 spiro atoms. The number of hydrogen-bond acceptors (Lipinski definition) is 3. The van der Waals surface area contributed by atoms with E-state index in [1.807, 2.05) is 0 Å². The quantitative estimate of drug-likeness (QED) is 0.765. The van der Waals surface area contributed by atoms with E-state index in [9.17, 15) is 13.2 Å². The van der Waals surface area contributed by atoms with E-state index in [1.54, 1.807) is 0 Å². The van der Waals surface area contributed by atoms with Gasteiger partial charge in [-0.1, -0.05) is 15.9 Å². The number of halogens is 1. The average Bonchev–Trinajstić information content (AvgIpc) is 2.91. The zero-order chi connectivity index (χ0) is 11.8. The molecule has 0 aromatic rings. The van der Waals surface area contributed by atoms with E-state index in [-0.39, 0.29) is 16.6 Å². The summed E-state index contributed by atoms with van der Waals surface area (Å²) in [5.74, 6) is -0.135. The third-order valence-corrected chi connectivity index (χ3v) is 6.09. The van der Waals surface area contributed by atoms with Crippen LogP contribution in [0.5, 0.6) is 0 Å². The van der Waals surface area contributed by atoms with Gasteiger partial charge in [0, 0.05) is 12.6 Å². The summed E-state index contributed by atoms with van der Waals surface area (Å²) in [6, 6.07) is -0.218. The van der Waals surface area contributed by atoms with Crippen LogP contribution < -0.4 is 5.32 Å². The first-order chi connectivity index (χ1) is 7.54. The van der Waals surface area contributed by atoms with Crippen molar-refractivity contribution >= 4 is 31.9 Å². The summed E-state index contributed by atoms with van der Waals surface area (Å²) < 4.78 is 24.6. The van der Waals surface area contributed by atoms with Gasteiger partial charge < -0.3 is 5.32 Å². The third-order valence-electron chi connectivity index (χ3n) is 2.93. The first kappa shape index (κ1) is 12.3. The number of nitrogens with zero attached hydrogens (tertiary/aromatic N) is 1. The van der Waals surface area contributed by atoms with E-state index in [1.165, 1.54) is 4.31 Å². The first-order valence-corrected chi connectivity index (χ1v) is 8.13. The second-order valence-electron chi connectivity index (χ2n) is 4.27. The van der Waals surface area contributed by atoms with Gasteiger partial charge in [-0.2, -0.15) is 4.31 Å². The van der Waals surface area contributed by atoms with Gasteiger partial charge in [-0.3, -0.25) is 4.79 Å². The van der Waals surface area contributed by atoms with E-state index in [0.29, 0.717) is 13.0 Å². The van der Waals surface area contributed by atoms with Crippen molar-refractivity contribution in [3.63, 3.8) is 0 Å². The van der Waals surface area contributed by atoms with E-state index in [0.717, 1.165) is 19.3 Å². The molecule has 1 amide bonds. The Morgan fingerprint density at radius 2 is 2.06 bits per heavy atom. The van der Waals surface area contributed by atoms with Crippen LogP contribution >= 0.6 is 15.9 Å². The summed E-state index contributed by atoms with van der Waals surface area (Å²) in [4.78, 5) is 11.8. The highest BCUT2D eigenvalue weighted by atomic mass is 79.9. The molecule has 0 aromatic carbocycles. The molecule has 0 radical (unpaired) electrons. The Labute approximate surface area is 104 Å². The molecule has 1 N–H and O–H groups in total. The molecule has 1 aliphatic carbocycles. The van der Waals surface area contributed by atoms with Gasteiger partial charge >= 0.3 is 0 Å². The smallest absolute Gasteiger partial charge is 0.238 e. The van der Waals surface area contributed by atoms with Crippen LogP contribution in [0.4, 0.5) is 0 Å². The van der Waals surface area contributed by atoms with Crippen LogP contribution in [0.15, 0.2) is 0 Å². The highest BCUT2D eigenvalue weighted by molar-refractivity contribution is 9.10. The topological polar surface area (TPSA) is 66.5 Å². The summed E-state index contributed by atoms with van der Waals surface area (Å²) >= 11 is 2.96. The lowest BCUT2D eigenvalue weighted by Crippen LogP contribution is -2.46. The largest absolute Gasteiger partial charge is 0.352 e. The zero-order valence-electron chi connectivity index (χ0n) is 8.86. The van der Waals surface area contributed by atoms with Crippen LogP contribution in [0.3, 0.4) is 0 Å². The molecule has 2 rings (SSSR count). The Hall–Kier alpha value is -0.140. The first-order valence-electron chi connectivity index (χ1n) is 5.40. The molecule has 1 saturated carbocycles. The summed E-state index contributed by atoms with van der Waals surface area (Å²) in [6.07, 6.45) is 3.42. The van der Waals surface area contributed by atoms with Gasteiger partial charge in [-0.15, -0.1) is 0 Å². The van der Waals surface area contributed by atoms with Crippen molar-refractivity contribution in [2.24, 2.45) is 0 Å². The number of carbonyl (C=O) groups is 1. The van der Waals surface area contributed by atoms with E-state index in [2.05, 4.69) is 21.2 Å². The molecule has 1 saturated heterocycles. The molecule has 0 bridgehead atoms. The number of carbonyl (C=O) groups excluding carboxylic acids is 1. The summed E-state index contributed by atoms with van der Waals surface area (Å²) in [7, 11) is -3.32. The lowest BCUT2D eigenvalue weighted by atomic mass is 10.2. The molecule has 1 atom stereocenters. The van der Waals surface area contributed by atoms with Crippen molar-refractivity contribution in [1.82, 2.24) is 9.62 Å². The maximum atomic E-state index is 11.8. The van der Waals surface area contributed by atoms with Gasteiger partial charge in [-0.25, -0.2) is 8.42 Å². The second-order valence-corrected chi connectivity index (χ2v) is 7.50. The van der Waals surface area contributed by atoms with Gasteiger partial charge in [0.25, 0.3) is 0 Å². The minimum atomic E-state index is -3.32. The second kappa shape index (κ2) is 4.62. The lowest BCUT2D eigenvalue weighted by Gasteiger charge is -2.22. The normalized spacial score (nSPS) is 26.9. The fourth-order valence-electron chi connectivity index (χ4n) is 1.92. The van der Waals surface area contributed by atoms with Crippen LogP contribution in [0, 0.1) is 0 Å². The average molecular weight is 311 g/mol. The Kier molecular flexibility index (Phi) is 3.56. The molecule has 1 unspecified atom stereocenters. The number of rotatable bonds is 4. The Morgan fingerprint density at radius 1 is 1.38 bits per heavy atom. The summed E-state index contributed by atoms with van der Waals surface area (Å²) in [6.45, 7) is 0.455. The van der Waals surface area contributed by atoms with Gasteiger partial charge in [0.15, 0.2) is 0 Å². The monoisotopic (exact) mass is 310 g/mol. The third kappa shape index (κ3) is 2.57. The maximum Gasteiger partial charge on any atom is 0.238 e. The molecular weight excluding hydrogens is 296 g/mol.